The molecule has 0 radical (unpaired) electrons. The van der Waals surface area contributed by atoms with Crippen molar-refractivity contribution in [2.24, 2.45) is 5.73 Å². The second-order valence-corrected chi connectivity index (χ2v) is 3.42. The van der Waals surface area contributed by atoms with E-state index in [0.29, 0.717) is 5.02 Å². The van der Waals surface area contributed by atoms with Crippen LogP contribution in [0.2, 0.25) is 5.02 Å². The molecule has 3 N–H and O–H groups in total. The molecule has 1 amide bonds. The van der Waals surface area contributed by atoms with E-state index in [0.717, 1.165) is 10.7 Å². The SMILES string of the molecule is NC(=O)c1cc(=O)n(-c2ncccc2Cl)[nH]1. The monoisotopic (exact) mass is 238 g/mol. The average molecular weight is 239 g/mol. The molecule has 16 heavy (non-hydrogen) atoms. The molecular weight excluding hydrogens is 232 g/mol. The Hall–Kier alpha value is -2.08. The predicted molar refractivity (Wildman–Crippen MR) is 57.7 cm³/mol. The summed E-state index contributed by atoms with van der Waals surface area (Å²) in [6.45, 7) is 0. The fourth-order valence-corrected chi connectivity index (χ4v) is 1.43. The average Bonchev–Trinajstić information content (AvgIpc) is 2.61. The van der Waals surface area contributed by atoms with E-state index in [1.807, 2.05) is 0 Å². The number of aromatic amines is 1. The maximum absolute atomic E-state index is 11.5. The molecule has 2 rings (SSSR count). The Balaban J connectivity index is 2.61. The summed E-state index contributed by atoms with van der Waals surface area (Å²) >= 11 is 5.86. The van der Waals surface area contributed by atoms with Crippen LogP contribution in [-0.4, -0.2) is 20.7 Å². The molecule has 0 spiro atoms. The third kappa shape index (κ3) is 1.70. The molecule has 82 valence electrons. The van der Waals surface area contributed by atoms with Crippen molar-refractivity contribution in [2.45, 2.75) is 0 Å². The predicted octanol–water partition coefficient (Wildman–Crippen LogP) is 0.313. The summed E-state index contributed by atoms with van der Waals surface area (Å²) in [4.78, 5) is 26.3. The lowest BCUT2D eigenvalue weighted by atomic mass is 10.4. The standard InChI is InChI=1S/C9H7ClN4O2/c10-5-2-1-3-12-9(5)14-7(15)4-6(13-14)8(11)16/h1-4,13H,(H2,11,16). The highest BCUT2D eigenvalue weighted by Gasteiger charge is 2.11. The van der Waals surface area contributed by atoms with E-state index in [1.54, 1.807) is 12.1 Å². The topological polar surface area (TPSA) is 93.8 Å². The van der Waals surface area contributed by atoms with E-state index in [2.05, 4.69) is 10.1 Å². The van der Waals surface area contributed by atoms with Crippen LogP contribution < -0.4 is 11.3 Å². The van der Waals surface area contributed by atoms with Gasteiger partial charge in [-0.1, -0.05) is 11.6 Å². The molecule has 2 aromatic heterocycles. The molecule has 2 heterocycles. The van der Waals surface area contributed by atoms with Crippen molar-refractivity contribution in [1.82, 2.24) is 14.8 Å². The highest BCUT2D eigenvalue weighted by atomic mass is 35.5. The minimum absolute atomic E-state index is 0.00622. The summed E-state index contributed by atoms with van der Waals surface area (Å²) < 4.78 is 1.06. The molecule has 0 fully saturated rings. The van der Waals surface area contributed by atoms with Gasteiger partial charge in [0.05, 0.1) is 5.02 Å². The summed E-state index contributed by atoms with van der Waals surface area (Å²) in [5.74, 6) is -0.496. The number of nitrogens with two attached hydrogens (primary N) is 1. The lowest BCUT2D eigenvalue weighted by Gasteiger charge is -2.01. The van der Waals surface area contributed by atoms with Gasteiger partial charge in [0.15, 0.2) is 5.82 Å². The van der Waals surface area contributed by atoms with Crippen molar-refractivity contribution in [2.75, 3.05) is 0 Å². The third-order valence-electron chi connectivity index (χ3n) is 1.94. The number of H-pyrrole nitrogens is 1. The molecule has 0 unspecified atom stereocenters. The number of aromatic nitrogens is 3. The summed E-state index contributed by atoms with van der Waals surface area (Å²) in [5.41, 5.74) is 4.59. The number of halogens is 1. The number of carbonyl (C=O) groups excluding carboxylic acids is 1. The van der Waals surface area contributed by atoms with Gasteiger partial charge in [-0.25, -0.2) is 4.98 Å². The van der Waals surface area contributed by atoms with Crippen molar-refractivity contribution >= 4 is 17.5 Å². The molecule has 6 nitrogen and oxygen atoms in total. The number of carbonyl (C=O) groups is 1. The van der Waals surface area contributed by atoms with Gasteiger partial charge >= 0.3 is 0 Å². The van der Waals surface area contributed by atoms with Crippen molar-refractivity contribution < 1.29 is 4.79 Å². The molecule has 0 bridgehead atoms. The van der Waals surface area contributed by atoms with Gasteiger partial charge in [-0.3, -0.25) is 14.7 Å². The summed E-state index contributed by atoms with van der Waals surface area (Å²) in [6.07, 6.45) is 1.48. The van der Waals surface area contributed by atoms with Gasteiger partial charge in [0.1, 0.15) is 5.69 Å². The summed E-state index contributed by atoms with van der Waals surface area (Å²) in [6, 6.07) is 4.31. The van der Waals surface area contributed by atoms with Crippen LogP contribution in [0.1, 0.15) is 10.5 Å². The van der Waals surface area contributed by atoms with Gasteiger partial charge < -0.3 is 5.73 Å². The van der Waals surface area contributed by atoms with E-state index in [-0.39, 0.29) is 11.5 Å². The fourth-order valence-electron chi connectivity index (χ4n) is 1.22. The Morgan fingerprint density at radius 3 is 2.88 bits per heavy atom. The van der Waals surface area contributed by atoms with Crippen molar-refractivity contribution in [3.05, 3.63) is 45.5 Å². The number of hydrogen-bond donors (Lipinski definition) is 2. The van der Waals surface area contributed by atoms with Gasteiger partial charge in [0.25, 0.3) is 11.5 Å². The number of amides is 1. The summed E-state index contributed by atoms with van der Waals surface area (Å²) in [5, 5.41) is 2.81. The highest BCUT2D eigenvalue weighted by Crippen LogP contribution is 2.14. The van der Waals surface area contributed by atoms with Gasteiger partial charge in [0, 0.05) is 12.3 Å². The maximum Gasteiger partial charge on any atom is 0.273 e. The first-order valence-corrected chi connectivity index (χ1v) is 4.70. The number of rotatable bonds is 2. The zero-order valence-electron chi connectivity index (χ0n) is 7.98. The van der Waals surface area contributed by atoms with E-state index in [1.165, 1.54) is 6.20 Å². The van der Waals surface area contributed by atoms with Gasteiger partial charge in [-0.2, -0.15) is 4.68 Å². The molecule has 0 aliphatic carbocycles. The Kier molecular flexibility index (Phi) is 2.49. The Bertz CT molecular complexity index is 602. The first-order chi connectivity index (χ1) is 7.59. The van der Waals surface area contributed by atoms with Gasteiger partial charge in [0.2, 0.25) is 0 Å². The lowest BCUT2D eigenvalue weighted by molar-refractivity contribution is 0.0995. The van der Waals surface area contributed by atoms with Crippen molar-refractivity contribution in [3.8, 4) is 5.82 Å². The van der Waals surface area contributed by atoms with Crippen LogP contribution in [0.15, 0.2) is 29.2 Å². The van der Waals surface area contributed by atoms with Crippen molar-refractivity contribution in [3.63, 3.8) is 0 Å². The molecular formula is C9H7ClN4O2. The van der Waals surface area contributed by atoms with Crippen LogP contribution in [-0.2, 0) is 0 Å². The Labute approximate surface area is 94.6 Å². The van der Waals surface area contributed by atoms with Gasteiger partial charge in [-0.05, 0) is 12.1 Å². The second-order valence-electron chi connectivity index (χ2n) is 3.02. The number of nitrogens with one attached hydrogen (secondary N) is 1. The first kappa shape index (κ1) is 10.4. The number of pyridine rings is 1. The summed E-state index contributed by atoms with van der Waals surface area (Å²) in [7, 11) is 0. The van der Waals surface area contributed by atoms with E-state index in [9.17, 15) is 9.59 Å². The Morgan fingerprint density at radius 2 is 2.31 bits per heavy atom. The highest BCUT2D eigenvalue weighted by molar-refractivity contribution is 6.32. The minimum Gasteiger partial charge on any atom is -0.364 e. The zero-order valence-corrected chi connectivity index (χ0v) is 8.73. The molecule has 0 aliphatic rings. The smallest absolute Gasteiger partial charge is 0.273 e. The number of nitrogens with zero attached hydrogens (tertiary/aromatic N) is 2. The van der Waals surface area contributed by atoms with Crippen LogP contribution in [0.5, 0.6) is 0 Å². The lowest BCUT2D eigenvalue weighted by Crippen LogP contribution is -2.15. The minimum atomic E-state index is -0.720. The third-order valence-corrected chi connectivity index (χ3v) is 2.23. The molecule has 0 saturated heterocycles. The fraction of sp³-hybridized carbons (Fsp3) is 0. The largest absolute Gasteiger partial charge is 0.364 e. The van der Waals surface area contributed by atoms with Crippen LogP contribution in [0.25, 0.3) is 5.82 Å². The molecule has 2 aromatic rings. The molecule has 0 aromatic carbocycles. The van der Waals surface area contributed by atoms with E-state index in [4.69, 9.17) is 17.3 Å². The Morgan fingerprint density at radius 1 is 1.56 bits per heavy atom. The number of hydrogen-bond acceptors (Lipinski definition) is 3. The van der Waals surface area contributed by atoms with Crippen LogP contribution in [0, 0.1) is 0 Å². The normalized spacial score (nSPS) is 10.3. The second kappa shape index (κ2) is 3.82. The van der Waals surface area contributed by atoms with Gasteiger partial charge in [-0.15, -0.1) is 0 Å². The molecule has 7 heteroatoms. The zero-order chi connectivity index (χ0) is 11.7. The maximum atomic E-state index is 11.5. The van der Waals surface area contributed by atoms with E-state index >= 15 is 0 Å². The number of primary amides is 1. The quantitative estimate of drug-likeness (QED) is 0.789. The molecule has 0 saturated carbocycles. The van der Waals surface area contributed by atoms with Crippen LogP contribution >= 0.6 is 11.6 Å². The molecule has 0 aliphatic heterocycles. The molecule has 0 atom stereocenters. The van der Waals surface area contributed by atoms with Crippen LogP contribution in [0.3, 0.4) is 0 Å². The van der Waals surface area contributed by atoms with Crippen molar-refractivity contribution in [1.29, 1.82) is 0 Å². The first-order valence-electron chi connectivity index (χ1n) is 4.32. The van der Waals surface area contributed by atoms with Crippen LogP contribution in [0.4, 0.5) is 0 Å². The van der Waals surface area contributed by atoms with E-state index < -0.39 is 11.5 Å².